The third-order valence-electron chi connectivity index (χ3n) is 11.9. The van der Waals surface area contributed by atoms with Gasteiger partial charge in [-0.15, -0.1) is 0 Å². The number of anilines is 3. The maximum Gasteiger partial charge on any atom is 0.0645 e. The monoisotopic (exact) mass is 805 g/mol. The van der Waals surface area contributed by atoms with Gasteiger partial charge in [-0.3, -0.25) is 0 Å². The molecular formula is C62H43N. The molecule has 0 fully saturated rings. The lowest BCUT2D eigenvalue weighted by atomic mass is 9.85. The first-order chi connectivity index (χ1) is 32.9. The van der Waals surface area contributed by atoms with Crippen LogP contribution in [0.1, 0.15) is 5.48 Å². The van der Waals surface area contributed by atoms with Gasteiger partial charge in [0.25, 0.3) is 0 Å². The summed E-state index contributed by atoms with van der Waals surface area (Å²) in [6, 6.07) is 80.0. The quantitative estimate of drug-likeness (QED) is 0.131. The molecule has 0 aliphatic rings. The van der Waals surface area contributed by atoms with Crippen LogP contribution in [0, 0.1) is 0 Å². The standard InChI is InChI=1S/C62H43N/c1-4-18-44(19-5-1)49-24-16-25-50(42-49)45-34-38-52(39-35-45)63(53-40-36-47(37-41-53)56-29-11-10-28-55(56)46-20-6-2-7-21-46)54-27-17-26-51(43-54)62-60-33-15-13-31-58(60)57-30-12-14-32-59(57)61(62)48-22-8-3-9-23-48/h1-43H/i36D,37D,40D,41D. The topological polar surface area (TPSA) is 3.24 Å². The summed E-state index contributed by atoms with van der Waals surface area (Å²) in [5.41, 5.74) is 12.8. The molecule has 0 heterocycles. The molecule has 0 amide bonds. The molecule has 296 valence electrons. The Morgan fingerprint density at radius 1 is 0.238 bits per heavy atom. The summed E-state index contributed by atoms with van der Waals surface area (Å²) >= 11 is 0. The highest BCUT2D eigenvalue weighted by atomic mass is 15.1. The molecule has 0 saturated heterocycles. The number of hydrogen-bond donors (Lipinski definition) is 0. The Kier molecular flexibility index (Phi) is 8.84. The SMILES string of the molecule is [2H]c1c([2H])c(N(c2ccc(-c3cccc(-c4ccccc4)c3)cc2)c2cccc(-c3c(-c4ccccc4)c4ccccc4c4ccccc34)c2)c([2H])c([2H])c1-c1ccccc1-c1ccccc1. The molecule has 0 saturated carbocycles. The molecule has 1 heteroatoms. The zero-order valence-corrected chi connectivity index (χ0v) is 34.5. The van der Waals surface area contributed by atoms with Crippen LogP contribution in [-0.4, -0.2) is 0 Å². The third-order valence-corrected chi connectivity index (χ3v) is 11.9. The summed E-state index contributed by atoms with van der Waals surface area (Å²) in [5.74, 6) is 0. The fourth-order valence-corrected chi connectivity index (χ4v) is 8.99. The number of hydrogen-bond acceptors (Lipinski definition) is 1. The van der Waals surface area contributed by atoms with Crippen molar-refractivity contribution in [3.8, 4) is 66.8 Å². The van der Waals surface area contributed by atoms with Crippen LogP contribution in [0.4, 0.5) is 17.1 Å². The van der Waals surface area contributed by atoms with E-state index in [0.717, 1.165) is 71.8 Å². The van der Waals surface area contributed by atoms with Gasteiger partial charge in [-0.2, -0.15) is 0 Å². The van der Waals surface area contributed by atoms with E-state index in [1.54, 1.807) is 0 Å². The van der Waals surface area contributed by atoms with Crippen LogP contribution in [-0.2, 0) is 0 Å². The van der Waals surface area contributed by atoms with E-state index in [4.69, 9.17) is 0 Å². The number of benzene rings is 11. The molecule has 11 aromatic carbocycles. The fourth-order valence-electron chi connectivity index (χ4n) is 8.99. The van der Waals surface area contributed by atoms with Crippen molar-refractivity contribution in [2.75, 3.05) is 4.90 Å². The average Bonchev–Trinajstić information content (AvgIpc) is 3.40. The van der Waals surface area contributed by atoms with Crippen molar-refractivity contribution in [2.45, 2.75) is 0 Å². The predicted molar refractivity (Wildman–Crippen MR) is 269 cm³/mol. The summed E-state index contributed by atoms with van der Waals surface area (Å²) in [4.78, 5) is 1.90. The largest absolute Gasteiger partial charge is 0.310 e. The van der Waals surface area contributed by atoms with Crippen LogP contribution in [0.2, 0.25) is 0 Å². The molecule has 0 aliphatic heterocycles. The van der Waals surface area contributed by atoms with Crippen LogP contribution < -0.4 is 4.90 Å². The first-order valence-electron chi connectivity index (χ1n) is 23.3. The van der Waals surface area contributed by atoms with Crippen LogP contribution >= 0.6 is 0 Å². The van der Waals surface area contributed by atoms with Crippen molar-refractivity contribution in [1.82, 2.24) is 0 Å². The summed E-state index contributed by atoms with van der Waals surface area (Å²) in [6.45, 7) is 0. The molecule has 0 aliphatic carbocycles. The normalized spacial score (nSPS) is 12.1. The van der Waals surface area contributed by atoms with E-state index in [1.807, 2.05) is 108 Å². The summed E-state index contributed by atoms with van der Waals surface area (Å²) in [5, 5.41) is 4.57. The Morgan fingerprint density at radius 2 is 0.667 bits per heavy atom. The second-order valence-electron chi connectivity index (χ2n) is 15.7. The second-order valence-corrected chi connectivity index (χ2v) is 15.7. The molecule has 0 spiro atoms. The molecule has 11 rings (SSSR count). The van der Waals surface area contributed by atoms with Crippen molar-refractivity contribution in [3.05, 3.63) is 261 Å². The van der Waals surface area contributed by atoms with Gasteiger partial charge in [-0.25, -0.2) is 0 Å². The van der Waals surface area contributed by atoms with E-state index in [2.05, 4.69) is 133 Å². The van der Waals surface area contributed by atoms with Crippen molar-refractivity contribution >= 4 is 38.6 Å². The van der Waals surface area contributed by atoms with Gasteiger partial charge < -0.3 is 4.90 Å². The molecular weight excluding hydrogens is 759 g/mol. The van der Waals surface area contributed by atoms with Gasteiger partial charge in [-0.1, -0.05) is 218 Å². The average molecular weight is 806 g/mol. The molecule has 0 unspecified atom stereocenters. The minimum Gasteiger partial charge on any atom is -0.310 e. The Morgan fingerprint density at radius 3 is 1.27 bits per heavy atom. The van der Waals surface area contributed by atoms with Crippen LogP contribution in [0.3, 0.4) is 0 Å². The highest BCUT2D eigenvalue weighted by Crippen LogP contribution is 2.46. The molecule has 0 N–H and O–H groups in total. The summed E-state index contributed by atoms with van der Waals surface area (Å²) in [6.07, 6.45) is 0. The minimum absolute atomic E-state index is 0.109. The highest BCUT2D eigenvalue weighted by molar-refractivity contribution is 6.21. The third kappa shape index (κ3) is 7.26. The molecule has 0 atom stereocenters. The summed E-state index contributed by atoms with van der Waals surface area (Å²) in [7, 11) is 0. The Bertz CT molecular complexity index is 3580. The van der Waals surface area contributed by atoms with Crippen LogP contribution in [0.25, 0.3) is 88.3 Å². The van der Waals surface area contributed by atoms with Gasteiger partial charge in [0.1, 0.15) is 0 Å². The molecule has 0 bridgehead atoms. The second kappa shape index (κ2) is 16.7. The van der Waals surface area contributed by atoms with Gasteiger partial charge in [0.2, 0.25) is 0 Å². The first-order valence-corrected chi connectivity index (χ1v) is 21.3. The zero-order chi connectivity index (χ0) is 45.4. The van der Waals surface area contributed by atoms with E-state index in [1.165, 1.54) is 5.39 Å². The smallest absolute Gasteiger partial charge is 0.0645 e. The molecule has 63 heavy (non-hydrogen) atoms. The Hall–Kier alpha value is -8.26. The highest BCUT2D eigenvalue weighted by Gasteiger charge is 2.20. The fraction of sp³-hybridized carbons (Fsp3) is 0. The van der Waals surface area contributed by atoms with E-state index >= 15 is 0 Å². The number of rotatable bonds is 9. The molecule has 0 aromatic heterocycles. The maximum absolute atomic E-state index is 9.84. The molecule has 0 radical (unpaired) electrons. The number of nitrogens with zero attached hydrogens (tertiary/aromatic N) is 1. The predicted octanol–water partition coefficient (Wildman–Crippen LogP) is 17.5. The van der Waals surface area contributed by atoms with Crippen molar-refractivity contribution in [2.24, 2.45) is 0 Å². The van der Waals surface area contributed by atoms with Crippen molar-refractivity contribution in [3.63, 3.8) is 0 Å². The van der Waals surface area contributed by atoms with E-state index in [9.17, 15) is 5.48 Å². The Balaban J connectivity index is 1.13. The van der Waals surface area contributed by atoms with Crippen molar-refractivity contribution in [1.29, 1.82) is 0 Å². The Labute approximate surface area is 375 Å². The molecule has 1 nitrogen and oxygen atoms in total. The summed E-state index contributed by atoms with van der Waals surface area (Å²) < 4.78 is 39.0. The van der Waals surface area contributed by atoms with Gasteiger partial charge >= 0.3 is 0 Å². The number of fused-ring (bicyclic) bond motifs is 3. The van der Waals surface area contributed by atoms with Gasteiger partial charge in [0, 0.05) is 17.1 Å². The maximum atomic E-state index is 9.84. The van der Waals surface area contributed by atoms with E-state index < -0.39 is 0 Å². The lowest BCUT2D eigenvalue weighted by Gasteiger charge is -2.27. The molecule has 11 aromatic rings. The van der Waals surface area contributed by atoms with E-state index in [0.29, 0.717) is 16.9 Å². The zero-order valence-electron chi connectivity index (χ0n) is 38.5. The van der Waals surface area contributed by atoms with Gasteiger partial charge in [0.05, 0.1) is 5.48 Å². The van der Waals surface area contributed by atoms with Crippen LogP contribution in [0.15, 0.2) is 261 Å². The van der Waals surface area contributed by atoms with E-state index in [-0.39, 0.29) is 35.4 Å². The van der Waals surface area contributed by atoms with Gasteiger partial charge in [0.15, 0.2) is 0 Å². The first kappa shape index (κ1) is 33.5. The van der Waals surface area contributed by atoms with Crippen LogP contribution in [0.5, 0.6) is 0 Å². The van der Waals surface area contributed by atoms with Crippen molar-refractivity contribution < 1.29 is 5.48 Å². The lowest BCUT2D eigenvalue weighted by Crippen LogP contribution is -2.10. The lowest BCUT2D eigenvalue weighted by molar-refractivity contribution is 1.28. The van der Waals surface area contributed by atoms with Gasteiger partial charge in [-0.05, 0) is 131 Å². The minimum atomic E-state index is -0.134.